The van der Waals surface area contributed by atoms with E-state index in [0.717, 1.165) is 17.1 Å². The number of urea groups is 1. The molecule has 1 N–H and O–H groups in total. The van der Waals surface area contributed by atoms with Crippen LogP contribution in [0.3, 0.4) is 0 Å². The zero-order chi connectivity index (χ0) is 19.9. The number of hydrogen-bond donors (Lipinski definition) is 1. The second-order valence-electron chi connectivity index (χ2n) is 6.86. The predicted octanol–water partition coefficient (Wildman–Crippen LogP) is 3.51. The van der Waals surface area contributed by atoms with Crippen LogP contribution in [0.4, 0.5) is 4.79 Å². The zero-order valence-electron chi connectivity index (χ0n) is 16.3. The number of likely N-dealkylation sites (tertiary alicyclic amines) is 1. The summed E-state index contributed by atoms with van der Waals surface area (Å²) in [5, 5.41) is 2.94. The van der Waals surface area contributed by atoms with Crippen molar-refractivity contribution in [1.82, 2.24) is 10.2 Å². The van der Waals surface area contributed by atoms with Crippen LogP contribution in [0.2, 0.25) is 0 Å². The monoisotopic (exact) mass is 382 g/mol. The highest BCUT2D eigenvalue weighted by molar-refractivity contribution is 5.98. The number of hydrogen-bond acceptors (Lipinski definition) is 4. The van der Waals surface area contributed by atoms with Gasteiger partial charge in [0, 0.05) is 31.1 Å². The molecule has 1 heterocycles. The Morgan fingerprint density at radius 1 is 0.929 bits per heavy atom. The molecule has 1 aliphatic rings. The van der Waals surface area contributed by atoms with E-state index in [9.17, 15) is 9.59 Å². The van der Waals surface area contributed by atoms with Crippen LogP contribution >= 0.6 is 0 Å². The number of benzene rings is 2. The molecule has 1 saturated heterocycles. The number of rotatable bonds is 6. The lowest BCUT2D eigenvalue weighted by molar-refractivity contribution is 0.0854. The Kier molecular flexibility index (Phi) is 6.53. The molecule has 6 heteroatoms. The van der Waals surface area contributed by atoms with Crippen LogP contribution < -0.4 is 14.8 Å². The number of nitrogens with one attached hydrogen (secondary N) is 1. The van der Waals surface area contributed by atoms with Crippen LogP contribution in [0.5, 0.6) is 11.5 Å². The lowest BCUT2D eigenvalue weighted by atomic mass is 9.89. The first-order valence-electron chi connectivity index (χ1n) is 9.44. The van der Waals surface area contributed by atoms with Crippen LogP contribution in [0, 0.1) is 5.92 Å². The molecule has 148 valence electrons. The highest BCUT2D eigenvalue weighted by atomic mass is 16.5. The van der Waals surface area contributed by atoms with Crippen LogP contribution in [-0.4, -0.2) is 44.0 Å². The van der Waals surface area contributed by atoms with Gasteiger partial charge in [-0.15, -0.1) is 0 Å². The highest BCUT2D eigenvalue weighted by Gasteiger charge is 2.27. The van der Waals surface area contributed by atoms with Gasteiger partial charge in [0.15, 0.2) is 5.78 Å². The van der Waals surface area contributed by atoms with Crippen LogP contribution in [0.1, 0.15) is 28.8 Å². The first kappa shape index (κ1) is 19.7. The molecule has 6 nitrogen and oxygen atoms in total. The van der Waals surface area contributed by atoms with E-state index in [1.165, 1.54) is 0 Å². The summed E-state index contributed by atoms with van der Waals surface area (Å²) in [5.74, 6) is 1.62. The number of amides is 2. The summed E-state index contributed by atoms with van der Waals surface area (Å²) >= 11 is 0. The number of ether oxygens (including phenoxy) is 2. The average Bonchev–Trinajstić information content (AvgIpc) is 2.77. The highest BCUT2D eigenvalue weighted by Crippen LogP contribution is 2.23. The van der Waals surface area contributed by atoms with Crippen molar-refractivity contribution >= 4 is 11.8 Å². The van der Waals surface area contributed by atoms with Crippen molar-refractivity contribution in [1.29, 1.82) is 0 Å². The maximum absolute atomic E-state index is 12.7. The Hall–Kier alpha value is -3.02. The smallest absolute Gasteiger partial charge is 0.317 e. The second kappa shape index (κ2) is 9.26. The molecule has 2 aromatic carbocycles. The van der Waals surface area contributed by atoms with Gasteiger partial charge < -0.3 is 19.7 Å². The molecule has 3 rings (SSSR count). The Bertz CT molecular complexity index is 794. The van der Waals surface area contributed by atoms with Crippen LogP contribution in [-0.2, 0) is 6.54 Å². The summed E-state index contributed by atoms with van der Waals surface area (Å²) < 4.78 is 10.3. The van der Waals surface area contributed by atoms with Gasteiger partial charge >= 0.3 is 6.03 Å². The normalized spacial score (nSPS) is 14.4. The number of nitrogens with zero attached hydrogens (tertiary/aromatic N) is 1. The van der Waals surface area contributed by atoms with Crippen molar-refractivity contribution in [3.63, 3.8) is 0 Å². The summed E-state index contributed by atoms with van der Waals surface area (Å²) in [6, 6.07) is 14.7. The lowest BCUT2D eigenvalue weighted by Gasteiger charge is -2.31. The summed E-state index contributed by atoms with van der Waals surface area (Å²) in [6.07, 6.45) is 1.36. The van der Waals surface area contributed by atoms with Gasteiger partial charge in [-0.25, -0.2) is 4.79 Å². The number of Topliss-reactive ketones (excluding diaryl/α,β-unsaturated/α-hetero) is 1. The van der Waals surface area contributed by atoms with Crippen LogP contribution in [0.25, 0.3) is 0 Å². The van der Waals surface area contributed by atoms with E-state index in [2.05, 4.69) is 5.32 Å². The maximum Gasteiger partial charge on any atom is 0.317 e. The minimum Gasteiger partial charge on any atom is -0.497 e. The molecular formula is C22H26N2O4. The van der Waals surface area contributed by atoms with Crippen molar-refractivity contribution in [3.8, 4) is 11.5 Å². The maximum atomic E-state index is 12.7. The van der Waals surface area contributed by atoms with E-state index in [-0.39, 0.29) is 17.7 Å². The molecule has 28 heavy (non-hydrogen) atoms. The van der Waals surface area contributed by atoms with Gasteiger partial charge in [0.1, 0.15) is 11.5 Å². The molecule has 0 atom stereocenters. The van der Waals surface area contributed by atoms with Gasteiger partial charge in [-0.2, -0.15) is 0 Å². The molecule has 0 saturated carbocycles. The van der Waals surface area contributed by atoms with Gasteiger partial charge in [0.2, 0.25) is 0 Å². The Morgan fingerprint density at radius 2 is 1.46 bits per heavy atom. The van der Waals surface area contributed by atoms with Gasteiger partial charge in [-0.1, -0.05) is 12.1 Å². The Labute approximate surface area is 165 Å². The summed E-state index contributed by atoms with van der Waals surface area (Å²) in [6.45, 7) is 1.63. The number of piperidine rings is 1. The van der Waals surface area contributed by atoms with E-state index in [4.69, 9.17) is 9.47 Å². The second-order valence-corrected chi connectivity index (χ2v) is 6.86. The quantitative estimate of drug-likeness (QED) is 0.777. The van der Waals surface area contributed by atoms with Gasteiger partial charge in [-0.05, 0) is 54.8 Å². The SMILES string of the molecule is COc1ccc(CNC(=O)N2CCC(C(=O)c3ccc(OC)cc3)CC2)cc1. The largest absolute Gasteiger partial charge is 0.497 e. The molecule has 1 fully saturated rings. The molecule has 0 bridgehead atoms. The zero-order valence-corrected chi connectivity index (χ0v) is 16.3. The van der Waals surface area contributed by atoms with Crippen molar-refractivity contribution in [2.24, 2.45) is 5.92 Å². The van der Waals surface area contributed by atoms with Crippen molar-refractivity contribution in [2.45, 2.75) is 19.4 Å². The van der Waals surface area contributed by atoms with Crippen LogP contribution in [0.15, 0.2) is 48.5 Å². The fraction of sp³-hybridized carbons (Fsp3) is 0.364. The Balaban J connectivity index is 1.47. The first-order valence-corrected chi connectivity index (χ1v) is 9.44. The molecular weight excluding hydrogens is 356 g/mol. The molecule has 1 aliphatic heterocycles. The third-order valence-electron chi connectivity index (χ3n) is 5.13. The van der Waals surface area contributed by atoms with Gasteiger partial charge in [0.05, 0.1) is 14.2 Å². The number of ketones is 1. The van der Waals surface area contributed by atoms with E-state index in [1.807, 2.05) is 24.3 Å². The third-order valence-corrected chi connectivity index (χ3v) is 5.13. The van der Waals surface area contributed by atoms with Gasteiger partial charge in [-0.3, -0.25) is 4.79 Å². The standard InChI is InChI=1S/C22H26N2O4/c1-27-19-7-3-16(4-8-19)15-23-22(26)24-13-11-18(12-14-24)21(25)17-5-9-20(28-2)10-6-17/h3-10,18H,11-15H2,1-2H3,(H,23,26). The Morgan fingerprint density at radius 3 is 2.00 bits per heavy atom. The first-order chi connectivity index (χ1) is 13.6. The van der Waals surface area contributed by atoms with E-state index >= 15 is 0 Å². The van der Waals surface area contributed by atoms with E-state index in [0.29, 0.717) is 38.0 Å². The minimum absolute atomic E-state index is 0.0426. The third kappa shape index (κ3) is 4.82. The minimum atomic E-state index is -0.0915. The molecule has 2 aromatic rings. The molecule has 0 unspecified atom stereocenters. The van der Waals surface area contributed by atoms with Gasteiger partial charge in [0.25, 0.3) is 0 Å². The molecule has 0 radical (unpaired) electrons. The summed E-state index contributed by atoms with van der Waals surface area (Å²) in [4.78, 5) is 26.9. The molecule has 2 amide bonds. The fourth-order valence-corrected chi connectivity index (χ4v) is 3.37. The predicted molar refractivity (Wildman–Crippen MR) is 107 cm³/mol. The van der Waals surface area contributed by atoms with Crippen molar-refractivity contribution in [2.75, 3.05) is 27.3 Å². The number of carbonyl (C=O) groups excluding carboxylic acids is 2. The summed E-state index contributed by atoms with van der Waals surface area (Å²) in [7, 11) is 3.23. The molecule has 0 aromatic heterocycles. The number of carbonyl (C=O) groups is 2. The topological polar surface area (TPSA) is 67.9 Å². The number of methoxy groups -OCH3 is 2. The van der Waals surface area contributed by atoms with Crippen molar-refractivity contribution in [3.05, 3.63) is 59.7 Å². The lowest BCUT2D eigenvalue weighted by Crippen LogP contribution is -2.45. The average molecular weight is 382 g/mol. The van der Waals surface area contributed by atoms with Crippen molar-refractivity contribution < 1.29 is 19.1 Å². The van der Waals surface area contributed by atoms with E-state index in [1.54, 1.807) is 43.4 Å². The summed E-state index contributed by atoms with van der Waals surface area (Å²) in [5.41, 5.74) is 1.71. The molecule has 0 aliphatic carbocycles. The molecule has 0 spiro atoms. The fourth-order valence-electron chi connectivity index (χ4n) is 3.37. The van der Waals surface area contributed by atoms with E-state index < -0.39 is 0 Å².